The average molecular weight is 536 g/mol. The third kappa shape index (κ3) is 5.27. The molecule has 0 atom stereocenters. The molecule has 1 aromatic heterocycles. The number of amides is 2. The lowest BCUT2D eigenvalue weighted by atomic mass is 9.89. The molecule has 2 heterocycles. The molecule has 1 fully saturated rings. The van der Waals surface area contributed by atoms with Gasteiger partial charge in [-0.25, -0.2) is 8.78 Å². The van der Waals surface area contributed by atoms with Crippen LogP contribution in [-0.4, -0.2) is 49.2 Å². The van der Waals surface area contributed by atoms with Crippen LogP contribution in [0.1, 0.15) is 40.4 Å². The van der Waals surface area contributed by atoms with Gasteiger partial charge in [0.05, 0.1) is 20.6 Å². The molecule has 0 spiro atoms. The number of aromatic nitrogens is 1. The van der Waals surface area contributed by atoms with Gasteiger partial charge in [-0.05, 0) is 48.6 Å². The zero-order chi connectivity index (χ0) is 27.5. The molecule has 0 aliphatic carbocycles. The number of anilines is 1. The molecule has 1 N–H and O–H groups in total. The lowest BCUT2D eigenvalue weighted by molar-refractivity contribution is -0.115. The number of benzene rings is 3. The van der Waals surface area contributed by atoms with E-state index in [2.05, 4.69) is 10.5 Å². The highest BCUT2D eigenvalue weighted by atomic mass is 19.1. The molecule has 5 rings (SSSR count). The van der Waals surface area contributed by atoms with Gasteiger partial charge in [-0.2, -0.15) is 0 Å². The summed E-state index contributed by atoms with van der Waals surface area (Å²) in [6.45, 7) is 0.679. The number of fused-ring (bicyclic) bond motifs is 1. The third-order valence-electron chi connectivity index (χ3n) is 7.02. The van der Waals surface area contributed by atoms with Crippen LogP contribution >= 0.6 is 0 Å². The Morgan fingerprint density at radius 1 is 1.00 bits per heavy atom. The van der Waals surface area contributed by atoms with Gasteiger partial charge in [-0.15, -0.1) is 0 Å². The van der Waals surface area contributed by atoms with Crippen molar-refractivity contribution >= 4 is 28.5 Å². The van der Waals surface area contributed by atoms with Crippen LogP contribution in [0.5, 0.6) is 11.5 Å². The van der Waals surface area contributed by atoms with Gasteiger partial charge < -0.3 is 24.2 Å². The van der Waals surface area contributed by atoms with E-state index in [1.54, 1.807) is 6.07 Å². The van der Waals surface area contributed by atoms with E-state index >= 15 is 0 Å². The van der Waals surface area contributed by atoms with Gasteiger partial charge in [0.1, 0.15) is 11.3 Å². The van der Waals surface area contributed by atoms with Gasteiger partial charge in [0.25, 0.3) is 5.91 Å². The number of para-hydroxylation sites is 1. The topological polar surface area (TPSA) is 93.9 Å². The normalized spacial score (nSPS) is 13.9. The van der Waals surface area contributed by atoms with Gasteiger partial charge in [-0.1, -0.05) is 29.4 Å². The number of nitrogens with zero attached hydrogens (tertiary/aromatic N) is 2. The first-order valence-electron chi connectivity index (χ1n) is 12.5. The second kappa shape index (κ2) is 11.1. The van der Waals surface area contributed by atoms with E-state index in [9.17, 15) is 18.4 Å². The summed E-state index contributed by atoms with van der Waals surface area (Å²) < 4.78 is 44.7. The van der Waals surface area contributed by atoms with Gasteiger partial charge >= 0.3 is 0 Å². The number of halogens is 2. The van der Waals surface area contributed by atoms with Crippen LogP contribution < -0.4 is 14.8 Å². The maximum Gasteiger partial charge on any atom is 0.260 e. The van der Waals surface area contributed by atoms with E-state index in [1.165, 1.54) is 19.1 Å². The molecule has 0 bridgehead atoms. The number of methoxy groups -OCH3 is 2. The van der Waals surface area contributed by atoms with Gasteiger partial charge in [0.15, 0.2) is 28.7 Å². The van der Waals surface area contributed by atoms with Crippen LogP contribution in [0.3, 0.4) is 0 Å². The van der Waals surface area contributed by atoms with Crippen molar-refractivity contribution in [3.8, 4) is 11.5 Å². The van der Waals surface area contributed by atoms with Crippen LogP contribution in [0.4, 0.5) is 14.5 Å². The fourth-order valence-corrected chi connectivity index (χ4v) is 4.91. The Bertz CT molecular complexity index is 1480. The highest BCUT2D eigenvalue weighted by Crippen LogP contribution is 2.34. The van der Waals surface area contributed by atoms with Gasteiger partial charge in [0.2, 0.25) is 5.91 Å². The first kappa shape index (κ1) is 26.1. The van der Waals surface area contributed by atoms with Crippen molar-refractivity contribution in [2.45, 2.75) is 25.2 Å². The molecule has 3 aromatic carbocycles. The highest BCUT2D eigenvalue weighted by molar-refractivity contribution is 5.96. The molecular formula is C29H27F2N3O5. The Labute approximate surface area is 223 Å². The summed E-state index contributed by atoms with van der Waals surface area (Å²) in [5.74, 6) is -3.38. The van der Waals surface area contributed by atoms with Crippen molar-refractivity contribution in [2.24, 2.45) is 0 Å². The Kier molecular flexibility index (Phi) is 7.44. The predicted molar refractivity (Wildman–Crippen MR) is 140 cm³/mol. The molecule has 39 heavy (non-hydrogen) atoms. The Morgan fingerprint density at radius 3 is 2.28 bits per heavy atom. The standard InChI is InChI=1S/C29H27F2N3O5/c1-37-23-16-24(38-2)28(31)26(27(23)30)29(36)34-13-11-18(12-14-34)17-7-9-19(10-8-17)32-25(35)15-21-20-5-3-4-6-22(20)39-33-21/h3-10,16,18H,11-15H2,1-2H3,(H,32,35). The number of hydrogen-bond acceptors (Lipinski definition) is 6. The quantitative estimate of drug-likeness (QED) is 0.344. The first-order valence-corrected chi connectivity index (χ1v) is 12.5. The maximum absolute atomic E-state index is 14.8. The van der Waals surface area contributed by atoms with Crippen molar-refractivity contribution < 1.29 is 32.4 Å². The van der Waals surface area contributed by atoms with Crippen LogP contribution in [0.2, 0.25) is 0 Å². The van der Waals surface area contributed by atoms with E-state index in [4.69, 9.17) is 14.0 Å². The van der Waals surface area contributed by atoms with Crippen molar-refractivity contribution in [2.75, 3.05) is 32.6 Å². The molecule has 0 radical (unpaired) electrons. The van der Waals surface area contributed by atoms with Crippen LogP contribution in [0, 0.1) is 11.6 Å². The number of hydrogen-bond donors (Lipinski definition) is 1. The Hall–Kier alpha value is -4.47. The lowest BCUT2D eigenvalue weighted by Crippen LogP contribution is -2.38. The Balaban J connectivity index is 1.19. The molecular weight excluding hydrogens is 508 g/mol. The molecule has 0 unspecified atom stereocenters. The molecule has 1 aliphatic rings. The minimum atomic E-state index is -1.04. The molecule has 1 aliphatic heterocycles. The Morgan fingerprint density at radius 2 is 1.64 bits per heavy atom. The molecule has 1 saturated heterocycles. The van der Waals surface area contributed by atoms with Crippen molar-refractivity contribution in [1.29, 1.82) is 0 Å². The fourth-order valence-electron chi connectivity index (χ4n) is 4.91. The summed E-state index contributed by atoms with van der Waals surface area (Å²) in [6, 6.07) is 16.0. The summed E-state index contributed by atoms with van der Waals surface area (Å²) in [6.07, 6.45) is 1.34. The van der Waals surface area contributed by atoms with Crippen LogP contribution in [-0.2, 0) is 11.2 Å². The first-order chi connectivity index (χ1) is 18.9. The van der Waals surface area contributed by atoms with Gasteiger partial charge in [0, 0.05) is 30.2 Å². The largest absolute Gasteiger partial charge is 0.494 e. The number of rotatable bonds is 7. The number of likely N-dealkylation sites (tertiary alicyclic amines) is 1. The number of ether oxygens (including phenoxy) is 2. The third-order valence-corrected chi connectivity index (χ3v) is 7.02. The molecule has 4 aromatic rings. The second-order valence-corrected chi connectivity index (χ2v) is 9.32. The smallest absolute Gasteiger partial charge is 0.260 e. The minimum absolute atomic E-state index is 0.0889. The van der Waals surface area contributed by atoms with E-state index in [0.29, 0.717) is 42.9 Å². The fraction of sp³-hybridized carbons (Fsp3) is 0.276. The van der Waals surface area contributed by atoms with E-state index in [0.717, 1.165) is 17.0 Å². The number of carbonyl (C=O) groups excluding carboxylic acids is 2. The SMILES string of the molecule is COc1cc(OC)c(F)c(C(=O)N2CCC(c3ccc(NC(=O)Cc4noc5ccccc45)cc3)CC2)c1F. The van der Waals surface area contributed by atoms with Crippen LogP contribution in [0.25, 0.3) is 11.0 Å². The second-order valence-electron chi connectivity index (χ2n) is 9.32. The van der Waals surface area contributed by atoms with E-state index in [1.807, 2.05) is 42.5 Å². The molecule has 202 valence electrons. The van der Waals surface area contributed by atoms with Crippen molar-refractivity contribution in [1.82, 2.24) is 10.1 Å². The molecule has 10 heteroatoms. The molecule has 0 saturated carbocycles. The predicted octanol–water partition coefficient (Wildman–Crippen LogP) is 5.32. The monoisotopic (exact) mass is 535 g/mol. The minimum Gasteiger partial charge on any atom is -0.494 e. The van der Waals surface area contributed by atoms with E-state index in [-0.39, 0.29) is 29.7 Å². The summed E-state index contributed by atoms with van der Waals surface area (Å²) in [4.78, 5) is 27.0. The van der Waals surface area contributed by atoms with Crippen molar-refractivity contribution in [3.05, 3.63) is 83.1 Å². The summed E-state index contributed by atoms with van der Waals surface area (Å²) >= 11 is 0. The van der Waals surface area contributed by atoms with E-state index < -0.39 is 23.1 Å². The summed E-state index contributed by atoms with van der Waals surface area (Å²) in [7, 11) is 2.48. The van der Waals surface area contributed by atoms with Gasteiger partial charge in [-0.3, -0.25) is 9.59 Å². The zero-order valence-electron chi connectivity index (χ0n) is 21.5. The lowest BCUT2D eigenvalue weighted by Gasteiger charge is -2.32. The van der Waals surface area contributed by atoms with Crippen molar-refractivity contribution in [3.63, 3.8) is 0 Å². The maximum atomic E-state index is 14.8. The number of carbonyl (C=O) groups is 2. The molecule has 2 amide bonds. The summed E-state index contributed by atoms with van der Waals surface area (Å²) in [5.41, 5.74) is 2.25. The summed E-state index contributed by atoms with van der Waals surface area (Å²) in [5, 5.41) is 7.69. The molecule has 8 nitrogen and oxygen atoms in total. The number of nitrogens with one attached hydrogen (secondary N) is 1. The van der Waals surface area contributed by atoms with Crippen LogP contribution in [0.15, 0.2) is 59.1 Å². The zero-order valence-corrected chi connectivity index (χ0v) is 21.5. The highest BCUT2D eigenvalue weighted by Gasteiger charge is 2.31. The number of piperidine rings is 1. The average Bonchev–Trinajstić information content (AvgIpc) is 3.36.